The first-order valence-corrected chi connectivity index (χ1v) is 5.94. The molecule has 0 fully saturated rings. The van der Waals surface area contributed by atoms with Gasteiger partial charge in [-0.25, -0.2) is 0 Å². The van der Waals surface area contributed by atoms with Crippen LogP contribution in [-0.4, -0.2) is 0 Å². The number of fused-ring (bicyclic) bond motifs is 1. The highest BCUT2D eigenvalue weighted by Gasteiger charge is 2.05. The first kappa shape index (κ1) is 9.31. The van der Waals surface area contributed by atoms with Crippen molar-refractivity contribution in [2.24, 2.45) is 0 Å². The number of anilines is 1. The van der Waals surface area contributed by atoms with Gasteiger partial charge in [0.2, 0.25) is 0 Å². The number of nitrogens with two attached hydrogens (primary N) is 1. The van der Waals surface area contributed by atoms with Gasteiger partial charge in [0.15, 0.2) is 0 Å². The van der Waals surface area contributed by atoms with Crippen LogP contribution in [0.25, 0.3) is 10.1 Å². The third-order valence-electron chi connectivity index (χ3n) is 1.92. The molecular weight excluding hydrogens is 270 g/mol. The normalized spacial score (nSPS) is 10.9. The van der Waals surface area contributed by atoms with Gasteiger partial charge in [-0.1, -0.05) is 0 Å². The van der Waals surface area contributed by atoms with Crippen molar-refractivity contribution in [2.45, 2.75) is 5.88 Å². The van der Waals surface area contributed by atoms with Crippen molar-refractivity contribution in [3.8, 4) is 0 Å². The molecule has 0 spiro atoms. The van der Waals surface area contributed by atoms with Gasteiger partial charge in [-0.2, -0.15) is 0 Å². The molecule has 0 amide bonds. The summed E-state index contributed by atoms with van der Waals surface area (Å²) < 4.78 is 2.17. The summed E-state index contributed by atoms with van der Waals surface area (Å²) in [5.41, 5.74) is 7.70. The molecule has 2 rings (SSSR count). The second-order valence-corrected chi connectivity index (χ2v) is 4.80. The van der Waals surface area contributed by atoms with Gasteiger partial charge in [0.25, 0.3) is 0 Å². The molecule has 4 heteroatoms. The van der Waals surface area contributed by atoms with Crippen molar-refractivity contribution in [1.82, 2.24) is 0 Å². The van der Waals surface area contributed by atoms with Crippen LogP contribution in [0.3, 0.4) is 0 Å². The summed E-state index contributed by atoms with van der Waals surface area (Å²) in [5.74, 6) is 0.543. The van der Waals surface area contributed by atoms with Crippen molar-refractivity contribution in [3.63, 3.8) is 0 Å². The van der Waals surface area contributed by atoms with Crippen molar-refractivity contribution in [3.05, 3.63) is 27.5 Å². The summed E-state index contributed by atoms with van der Waals surface area (Å²) in [6, 6.07) is 4.00. The minimum absolute atomic E-state index is 0.543. The van der Waals surface area contributed by atoms with Crippen LogP contribution in [0.15, 0.2) is 22.0 Å². The van der Waals surface area contributed by atoms with Gasteiger partial charge < -0.3 is 5.73 Å². The van der Waals surface area contributed by atoms with Crippen LogP contribution in [-0.2, 0) is 5.88 Å². The number of thiophene rings is 1. The second kappa shape index (κ2) is 3.48. The van der Waals surface area contributed by atoms with Crippen LogP contribution in [0.1, 0.15) is 5.56 Å². The molecule has 0 aliphatic heterocycles. The maximum Gasteiger partial charge on any atom is 0.0488 e. The largest absolute Gasteiger partial charge is 0.398 e. The number of hydrogen-bond donors (Lipinski definition) is 1. The Hall–Kier alpha value is -0.250. The SMILES string of the molecule is Nc1cc2c(CCl)csc2cc1Br. The van der Waals surface area contributed by atoms with E-state index in [0.29, 0.717) is 5.88 Å². The molecule has 13 heavy (non-hydrogen) atoms. The van der Waals surface area contributed by atoms with Crippen LogP contribution < -0.4 is 5.73 Å². The number of rotatable bonds is 1. The summed E-state index contributed by atoms with van der Waals surface area (Å²) in [7, 11) is 0. The Morgan fingerprint density at radius 2 is 2.23 bits per heavy atom. The maximum atomic E-state index is 5.79. The van der Waals surface area contributed by atoms with Gasteiger partial charge in [0.05, 0.1) is 0 Å². The highest BCUT2D eigenvalue weighted by Crippen LogP contribution is 2.33. The molecule has 2 aromatic rings. The van der Waals surface area contributed by atoms with E-state index in [-0.39, 0.29) is 0 Å². The molecule has 1 nitrogen and oxygen atoms in total. The molecule has 0 radical (unpaired) electrons. The highest BCUT2D eigenvalue weighted by atomic mass is 79.9. The van der Waals surface area contributed by atoms with Crippen LogP contribution in [0, 0.1) is 0 Å². The third kappa shape index (κ3) is 1.56. The molecule has 1 aromatic carbocycles. The summed E-state index contributed by atoms with van der Waals surface area (Å²) in [6.07, 6.45) is 0. The van der Waals surface area contributed by atoms with Crippen molar-refractivity contribution in [1.29, 1.82) is 0 Å². The van der Waals surface area contributed by atoms with Crippen LogP contribution in [0.2, 0.25) is 0 Å². The minimum Gasteiger partial charge on any atom is -0.398 e. The zero-order chi connectivity index (χ0) is 9.42. The lowest BCUT2D eigenvalue weighted by molar-refractivity contribution is 1.50. The highest BCUT2D eigenvalue weighted by molar-refractivity contribution is 9.10. The average molecular weight is 277 g/mol. The van der Waals surface area contributed by atoms with Crippen molar-refractivity contribution < 1.29 is 0 Å². The van der Waals surface area contributed by atoms with E-state index >= 15 is 0 Å². The Bertz CT molecular complexity index is 452. The van der Waals surface area contributed by atoms with E-state index in [1.165, 1.54) is 10.1 Å². The smallest absolute Gasteiger partial charge is 0.0488 e. The summed E-state index contributed by atoms with van der Waals surface area (Å²) in [5, 5.41) is 3.24. The number of alkyl halides is 1. The molecule has 0 bridgehead atoms. The fourth-order valence-electron chi connectivity index (χ4n) is 1.22. The Kier molecular flexibility index (Phi) is 2.49. The lowest BCUT2D eigenvalue weighted by Gasteiger charge is -1.99. The zero-order valence-corrected chi connectivity index (χ0v) is 9.84. The Labute approximate surface area is 93.6 Å². The molecule has 0 saturated carbocycles. The van der Waals surface area contributed by atoms with E-state index in [1.54, 1.807) is 11.3 Å². The summed E-state index contributed by atoms with van der Waals surface area (Å²) >= 11 is 10.9. The molecule has 1 aromatic heterocycles. The van der Waals surface area contributed by atoms with Crippen molar-refractivity contribution >= 4 is 54.6 Å². The van der Waals surface area contributed by atoms with E-state index in [4.69, 9.17) is 17.3 Å². The van der Waals surface area contributed by atoms with E-state index in [2.05, 4.69) is 21.3 Å². The van der Waals surface area contributed by atoms with E-state index in [1.807, 2.05) is 12.1 Å². The predicted octanol–water partition coefficient (Wildman–Crippen LogP) is 3.98. The summed E-state index contributed by atoms with van der Waals surface area (Å²) in [4.78, 5) is 0. The van der Waals surface area contributed by atoms with Gasteiger partial charge in [-0.3, -0.25) is 0 Å². The van der Waals surface area contributed by atoms with Gasteiger partial charge in [-0.05, 0) is 44.4 Å². The molecule has 0 saturated heterocycles. The zero-order valence-electron chi connectivity index (χ0n) is 6.68. The third-order valence-corrected chi connectivity index (χ3v) is 3.89. The van der Waals surface area contributed by atoms with E-state index < -0.39 is 0 Å². The average Bonchev–Trinajstić information content (AvgIpc) is 2.48. The molecule has 0 unspecified atom stereocenters. The standard InChI is InChI=1S/C9H7BrClNS/c10-7-2-9-6(1-8(7)12)5(3-11)4-13-9/h1-2,4H,3,12H2. The van der Waals surface area contributed by atoms with Crippen molar-refractivity contribution in [2.75, 3.05) is 5.73 Å². The van der Waals surface area contributed by atoms with Gasteiger partial charge in [0, 0.05) is 20.7 Å². The second-order valence-electron chi connectivity index (χ2n) is 2.76. The molecule has 68 valence electrons. The molecule has 0 aliphatic rings. The lowest BCUT2D eigenvalue weighted by Crippen LogP contribution is -1.85. The summed E-state index contributed by atoms with van der Waals surface area (Å²) in [6.45, 7) is 0. The Morgan fingerprint density at radius 3 is 2.92 bits per heavy atom. The first-order chi connectivity index (χ1) is 6.22. The van der Waals surface area contributed by atoms with Gasteiger partial charge >= 0.3 is 0 Å². The van der Waals surface area contributed by atoms with E-state index in [9.17, 15) is 0 Å². The number of nitrogen functional groups attached to an aromatic ring is 1. The van der Waals surface area contributed by atoms with E-state index in [0.717, 1.165) is 15.7 Å². The van der Waals surface area contributed by atoms with Crippen LogP contribution >= 0.6 is 38.9 Å². The van der Waals surface area contributed by atoms with Crippen LogP contribution in [0.4, 0.5) is 5.69 Å². The number of hydrogen-bond acceptors (Lipinski definition) is 2. The Balaban J connectivity index is 2.77. The molecule has 0 aliphatic carbocycles. The number of benzene rings is 1. The number of halogens is 2. The minimum atomic E-state index is 0.543. The monoisotopic (exact) mass is 275 g/mol. The molecular formula is C9H7BrClNS. The van der Waals surface area contributed by atoms with Crippen LogP contribution in [0.5, 0.6) is 0 Å². The maximum absolute atomic E-state index is 5.79. The molecule has 0 atom stereocenters. The predicted molar refractivity (Wildman–Crippen MR) is 63.5 cm³/mol. The fourth-order valence-corrected chi connectivity index (χ4v) is 3.01. The fraction of sp³-hybridized carbons (Fsp3) is 0.111. The topological polar surface area (TPSA) is 26.0 Å². The quantitative estimate of drug-likeness (QED) is 0.619. The lowest BCUT2D eigenvalue weighted by atomic mass is 10.2. The van der Waals surface area contributed by atoms with Gasteiger partial charge in [-0.15, -0.1) is 22.9 Å². The van der Waals surface area contributed by atoms with Gasteiger partial charge in [0.1, 0.15) is 0 Å². The molecule has 1 heterocycles. The Morgan fingerprint density at radius 1 is 1.46 bits per heavy atom. The molecule has 2 N–H and O–H groups in total. The first-order valence-electron chi connectivity index (χ1n) is 3.73.